The SMILES string of the molecule is COCCCCOc1cc(C)cc(OC)c1. The Kier molecular flexibility index (Phi) is 5.72. The first kappa shape index (κ1) is 12.8. The number of rotatable bonds is 7. The minimum Gasteiger partial charge on any atom is -0.497 e. The summed E-state index contributed by atoms with van der Waals surface area (Å²) in [4.78, 5) is 0. The minimum atomic E-state index is 0.718. The Morgan fingerprint density at radius 1 is 0.938 bits per heavy atom. The van der Waals surface area contributed by atoms with Gasteiger partial charge >= 0.3 is 0 Å². The molecule has 0 aliphatic carbocycles. The normalized spacial score (nSPS) is 10.2. The molecule has 0 bridgehead atoms. The van der Waals surface area contributed by atoms with Crippen LogP contribution in [0.4, 0.5) is 0 Å². The van der Waals surface area contributed by atoms with Gasteiger partial charge in [0.1, 0.15) is 11.5 Å². The summed E-state index contributed by atoms with van der Waals surface area (Å²) in [5, 5.41) is 0. The van der Waals surface area contributed by atoms with E-state index in [-0.39, 0.29) is 0 Å². The van der Waals surface area contributed by atoms with E-state index >= 15 is 0 Å². The molecule has 0 aromatic heterocycles. The van der Waals surface area contributed by atoms with Crippen molar-refractivity contribution in [2.24, 2.45) is 0 Å². The molecule has 0 fully saturated rings. The van der Waals surface area contributed by atoms with Crippen LogP contribution >= 0.6 is 0 Å². The van der Waals surface area contributed by atoms with E-state index in [9.17, 15) is 0 Å². The summed E-state index contributed by atoms with van der Waals surface area (Å²) in [6.45, 7) is 3.54. The lowest BCUT2D eigenvalue weighted by atomic mass is 10.2. The van der Waals surface area contributed by atoms with E-state index in [4.69, 9.17) is 14.2 Å². The fourth-order valence-corrected chi connectivity index (χ4v) is 1.45. The van der Waals surface area contributed by atoms with Gasteiger partial charge in [0, 0.05) is 19.8 Å². The third-order valence-corrected chi connectivity index (χ3v) is 2.27. The number of hydrogen-bond acceptors (Lipinski definition) is 3. The molecule has 0 amide bonds. The molecule has 0 radical (unpaired) electrons. The third-order valence-electron chi connectivity index (χ3n) is 2.27. The van der Waals surface area contributed by atoms with Gasteiger partial charge in [-0.2, -0.15) is 0 Å². The average Bonchev–Trinajstić information content (AvgIpc) is 2.28. The first-order chi connectivity index (χ1) is 7.76. The van der Waals surface area contributed by atoms with E-state index in [2.05, 4.69) is 0 Å². The van der Waals surface area contributed by atoms with Crippen LogP contribution in [0, 0.1) is 6.92 Å². The van der Waals surface area contributed by atoms with Crippen molar-refractivity contribution < 1.29 is 14.2 Å². The van der Waals surface area contributed by atoms with Crippen molar-refractivity contribution in [1.29, 1.82) is 0 Å². The summed E-state index contributed by atoms with van der Waals surface area (Å²) in [5.41, 5.74) is 1.14. The van der Waals surface area contributed by atoms with Crippen molar-refractivity contribution in [2.75, 3.05) is 27.4 Å². The summed E-state index contributed by atoms with van der Waals surface area (Å²) in [5.74, 6) is 1.71. The molecule has 0 saturated heterocycles. The Hall–Kier alpha value is -1.22. The van der Waals surface area contributed by atoms with Crippen LogP contribution in [-0.4, -0.2) is 27.4 Å². The van der Waals surface area contributed by atoms with Crippen LogP contribution in [0.15, 0.2) is 18.2 Å². The van der Waals surface area contributed by atoms with E-state index in [1.807, 2.05) is 25.1 Å². The second kappa shape index (κ2) is 7.12. The van der Waals surface area contributed by atoms with Crippen LogP contribution in [0.1, 0.15) is 18.4 Å². The Labute approximate surface area is 97.3 Å². The van der Waals surface area contributed by atoms with E-state index in [0.717, 1.165) is 43.1 Å². The van der Waals surface area contributed by atoms with Crippen molar-refractivity contribution in [1.82, 2.24) is 0 Å². The average molecular weight is 224 g/mol. The molecule has 90 valence electrons. The zero-order valence-electron chi connectivity index (χ0n) is 10.3. The molecule has 1 aromatic rings. The summed E-state index contributed by atoms with van der Waals surface area (Å²) < 4.78 is 15.8. The molecular formula is C13H20O3. The number of benzene rings is 1. The van der Waals surface area contributed by atoms with Gasteiger partial charge in [0.25, 0.3) is 0 Å². The van der Waals surface area contributed by atoms with Gasteiger partial charge in [0.2, 0.25) is 0 Å². The van der Waals surface area contributed by atoms with Gasteiger partial charge in [-0.3, -0.25) is 0 Å². The molecule has 0 aliphatic rings. The lowest BCUT2D eigenvalue weighted by molar-refractivity contribution is 0.184. The van der Waals surface area contributed by atoms with Crippen LogP contribution in [0.2, 0.25) is 0 Å². The van der Waals surface area contributed by atoms with Crippen molar-refractivity contribution >= 4 is 0 Å². The maximum Gasteiger partial charge on any atom is 0.123 e. The van der Waals surface area contributed by atoms with Crippen LogP contribution in [-0.2, 0) is 4.74 Å². The summed E-state index contributed by atoms with van der Waals surface area (Å²) in [7, 11) is 3.38. The van der Waals surface area contributed by atoms with Gasteiger partial charge in [0.15, 0.2) is 0 Å². The lowest BCUT2D eigenvalue weighted by Crippen LogP contribution is -2.00. The first-order valence-corrected chi connectivity index (χ1v) is 5.53. The molecule has 0 spiro atoms. The van der Waals surface area contributed by atoms with Crippen LogP contribution < -0.4 is 9.47 Å². The smallest absolute Gasteiger partial charge is 0.123 e. The molecule has 3 heteroatoms. The predicted molar refractivity (Wildman–Crippen MR) is 64.3 cm³/mol. The maximum atomic E-state index is 5.64. The highest BCUT2D eigenvalue weighted by Gasteiger charge is 1.99. The lowest BCUT2D eigenvalue weighted by Gasteiger charge is -2.09. The number of ether oxygens (including phenoxy) is 3. The van der Waals surface area contributed by atoms with Gasteiger partial charge in [-0.15, -0.1) is 0 Å². The molecule has 0 N–H and O–H groups in total. The van der Waals surface area contributed by atoms with Crippen LogP contribution in [0.5, 0.6) is 11.5 Å². The molecule has 1 rings (SSSR count). The summed E-state index contributed by atoms with van der Waals surface area (Å²) in [6, 6.07) is 5.90. The first-order valence-electron chi connectivity index (χ1n) is 5.53. The molecule has 0 unspecified atom stereocenters. The number of aryl methyl sites for hydroxylation is 1. The highest BCUT2D eigenvalue weighted by molar-refractivity contribution is 5.37. The van der Waals surface area contributed by atoms with Gasteiger partial charge < -0.3 is 14.2 Å². The van der Waals surface area contributed by atoms with Crippen molar-refractivity contribution in [3.63, 3.8) is 0 Å². The minimum absolute atomic E-state index is 0.718. The van der Waals surface area contributed by atoms with E-state index in [0.29, 0.717) is 0 Å². The number of methoxy groups -OCH3 is 2. The van der Waals surface area contributed by atoms with Crippen molar-refractivity contribution in [2.45, 2.75) is 19.8 Å². The van der Waals surface area contributed by atoms with Crippen molar-refractivity contribution in [3.05, 3.63) is 23.8 Å². The molecule has 16 heavy (non-hydrogen) atoms. The Balaban J connectivity index is 2.38. The van der Waals surface area contributed by atoms with E-state index in [1.165, 1.54) is 0 Å². The number of unbranched alkanes of at least 4 members (excludes halogenated alkanes) is 1. The molecule has 0 aliphatic heterocycles. The highest BCUT2D eigenvalue weighted by Crippen LogP contribution is 2.22. The molecule has 1 aromatic carbocycles. The Morgan fingerprint density at radius 2 is 1.62 bits per heavy atom. The summed E-state index contributed by atoms with van der Waals surface area (Å²) in [6.07, 6.45) is 2.03. The zero-order chi connectivity index (χ0) is 11.8. The third kappa shape index (κ3) is 4.53. The topological polar surface area (TPSA) is 27.7 Å². The Bertz CT molecular complexity index is 310. The Morgan fingerprint density at radius 3 is 2.31 bits per heavy atom. The fourth-order valence-electron chi connectivity index (χ4n) is 1.45. The summed E-state index contributed by atoms with van der Waals surface area (Å²) >= 11 is 0. The highest BCUT2D eigenvalue weighted by atomic mass is 16.5. The zero-order valence-corrected chi connectivity index (χ0v) is 10.3. The molecule has 0 heterocycles. The molecule has 0 atom stereocenters. The molecular weight excluding hydrogens is 204 g/mol. The van der Waals surface area contributed by atoms with Gasteiger partial charge in [-0.25, -0.2) is 0 Å². The molecule has 0 saturated carbocycles. The quantitative estimate of drug-likeness (QED) is 0.666. The second-order valence-corrected chi connectivity index (χ2v) is 3.73. The second-order valence-electron chi connectivity index (χ2n) is 3.73. The fraction of sp³-hybridized carbons (Fsp3) is 0.538. The van der Waals surface area contributed by atoms with Crippen LogP contribution in [0.3, 0.4) is 0 Å². The van der Waals surface area contributed by atoms with Gasteiger partial charge in [-0.05, 0) is 37.5 Å². The van der Waals surface area contributed by atoms with Crippen molar-refractivity contribution in [3.8, 4) is 11.5 Å². The number of hydrogen-bond donors (Lipinski definition) is 0. The standard InChI is InChI=1S/C13H20O3/c1-11-8-12(15-3)10-13(9-11)16-7-5-4-6-14-2/h8-10H,4-7H2,1-3H3. The monoisotopic (exact) mass is 224 g/mol. The largest absolute Gasteiger partial charge is 0.497 e. The van der Waals surface area contributed by atoms with E-state index in [1.54, 1.807) is 14.2 Å². The maximum absolute atomic E-state index is 5.64. The van der Waals surface area contributed by atoms with E-state index < -0.39 is 0 Å². The van der Waals surface area contributed by atoms with Gasteiger partial charge in [-0.1, -0.05) is 0 Å². The van der Waals surface area contributed by atoms with Gasteiger partial charge in [0.05, 0.1) is 13.7 Å². The van der Waals surface area contributed by atoms with Crippen LogP contribution in [0.25, 0.3) is 0 Å². The predicted octanol–water partition coefficient (Wildman–Crippen LogP) is 2.81. The molecule has 3 nitrogen and oxygen atoms in total.